The van der Waals surface area contributed by atoms with Crippen molar-refractivity contribution in [3.8, 4) is 0 Å². The fraction of sp³-hybridized carbons (Fsp3) is 0.143. The second-order valence-electron chi connectivity index (χ2n) is 6.24. The third kappa shape index (κ3) is 4.31. The monoisotopic (exact) mass is 332 g/mol. The molecular formula is C21H24N4. The van der Waals surface area contributed by atoms with E-state index in [1.165, 1.54) is 0 Å². The predicted octanol–water partition coefficient (Wildman–Crippen LogP) is 3.64. The van der Waals surface area contributed by atoms with Gasteiger partial charge in [-0.25, -0.2) is 0 Å². The molecular weight excluding hydrogens is 308 g/mol. The first-order valence-corrected chi connectivity index (χ1v) is 8.36. The molecule has 0 fully saturated rings. The van der Waals surface area contributed by atoms with Gasteiger partial charge in [-0.15, -0.1) is 0 Å². The molecule has 4 heteroatoms. The highest BCUT2D eigenvalue weighted by Crippen LogP contribution is 2.22. The Balaban J connectivity index is 1.86. The molecule has 3 rings (SSSR count). The first-order valence-electron chi connectivity index (χ1n) is 8.36. The smallest absolute Gasteiger partial charge is 0.0359 e. The molecule has 128 valence electrons. The first-order chi connectivity index (χ1) is 12.1. The summed E-state index contributed by atoms with van der Waals surface area (Å²) in [6.45, 7) is 2.19. The number of rotatable bonds is 6. The normalized spacial score (nSPS) is 10.9. The summed E-state index contributed by atoms with van der Waals surface area (Å²) in [6, 6.07) is 23.9. The fourth-order valence-electron chi connectivity index (χ4n) is 2.92. The molecule has 0 unspecified atom stereocenters. The molecule has 6 N–H and O–H groups in total. The van der Waals surface area contributed by atoms with Gasteiger partial charge in [-0.3, -0.25) is 4.90 Å². The lowest BCUT2D eigenvalue weighted by molar-refractivity contribution is 0.249. The molecule has 4 nitrogen and oxygen atoms in total. The van der Waals surface area contributed by atoms with Crippen molar-refractivity contribution in [2.75, 3.05) is 17.2 Å². The Kier molecular flexibility index (Phi) is 5.21. The van der Waals surface area contributed by atoms with Crippen LogP contribution in [0, 0.1) is 0 Å². The Bertz CT molecular complexity index is 732. The SMILES string of the molecule is Nc1ccccc1CN(Cc1ccccc1N)Cc1ccccc1N. The van der Waals surface area contributed by atoms with Crippen molar-refractivity contribution in [3.05, 3.63) is 89.5 Å². The largest absolute Gasteiger partial charge is 0.398 e. The lowest BCUT2D eigenvalue weighted by Crippen LogP contribution is -2.24. The lowest BCUT2D eigenvalue weighted by atomic mass is 10.1. The Morgan fingerprint density at radius 2 is 0.760 bits per heavy atom. The van der Waals surface area contributed by atoms with Gasteiger partial charge in [0, 0.05) is 36.7 Å². The van der Waals surface area contributed by atoms with Crippen LogP contribution in [-0.2, 0) is 19.6 Å². The second kappa shape index (κ2) is 7.73. The van der Waals surface area contributed by atoms with Gasteiger partial charge >= 0.3 is 0 Å². The number of para-hydroxylation sites is 3. The van der Waals surface area contributed by atoms with Gasteiger partial charge in [0.1, 0.15) is 0 Å². The number of hydrogen-bond acceptors (Lipinski definition) is 4. The highest BCUT2D eigenvalue weighted by Gasteiger charge is 2.12. The minimum absolute atomic E-state index is 0.731. The molecule has 0 aromatic heterocycles. The van der Waals surface area contributed by atoms with Crippen LogP contribution in [0.2, 0.25) is 0 Å². The lowest BCUT2D eigenvalue weighted by Gasteiger charge is -2.24. The first kappa shape index (κ1) is 16.9. The summed E-state index contributed by atoms with van der Waals surface area (Å²) in [7, 11) is 0. The fourth-order valence-corrected chi connectivity index (χ4v) is 2.92. The second-order valence-corrected chi connectivity index (χ2v) is 6.24. The summed E-state index contributed by atoms with van der Waals surface area (Å²) in [5.41, 5.74) is 24.1. The van der Waals surface area contributed by atoms with Gasteiger partial charge < -0.3 is 17.2 Å². The summed E-state index contributed by atoms with van der Waals surface area (Å²) in [5, 5.41) is 0. The minimum Gasteiger partial charge on any atom is -0.398 e. The molecule has 0 heterocycles. The van der Waals surface area contributed by atoms with Gasteiger partial charge in [0.2, 0.25) is 0 Å². The maximum absolute atomic E-state index is 6.14. The summed E-state index contributed by atoms with van der Waals surface area (Å²) >= 11 is 0. The van der Waals surface area contributed by atoms with Crippen molar-refractivity contribution < 1.29 is 0 Å². The van der Waals surface area contributed by atoms with E-state index in [1.807, 2.05) is 54.6 Å². The van der Waals surface area contributed by atoms with Crippen LogP contribution in [0.25, 0.3) is 0 Å². The van der Waals surface area contributed by atoms with Gasteiger partial charge in [0.05, 0.1) is 0 Å². The summed E-state index contributed by atoms with van der Waals surface area (Å²) in [4.78, 5) is 2.31. The van der Waals surface area contributed by atoms with E-state index < -0.39 is 0 Å². The third-order valence-electron chi connectivity index (χ3n) is 4.35. The quantitative estimate of drug-likeness (QED) is 0.602. The highest BCUT2D eigenvalue weighted by molar-refractivity contribution is 5.49. The topological polar surface area (TPSA) is 81.3 Å². The van der Waals surface area contributed by atoms with Crippen molar-refractivity contribution in [2.24, 2.45) is 0 Å². The number of nitrogen functional groups attached to an aromatic ring is 3. The zero-order chi connectivity index (χ0) is 17.6. The molecule has 0 aliphatic rings. The molecule has 0 saturated heterocycles. The average Bonchev–Trinajstić information content (AvgIpc) is 2.61. The van der Waals surface area contributed by atoms with Crippen LogP contribution in [0.1, 0.15) is 16.7 Å². The van der Waals surface area contributed by atoms with E-state index in [1.54, 1.807) is 0 Å². The Labute approximate surface area is 148 Å². The van der Waals surface area contributed by atoms with Crippen LogP contribution < -0.4 is 17.2 Å². The standard InChI is InChI=1S/C21H24N4/c22-19-10-4-1-7-16(19)13-25(14-17-8-2-5-11-20(17)23)15-18-9-3-6-12-21(18)24/h1-12H,13-15,22-24H2. The van der Waals surface area contributed by atoms with Crippen LogP contribution in [0.15, 0.2) is 72.8 Å². The average molecular weight is 332 g/mol. The molecule has 0 aliphatic carbocycles. The molecule has 0 atom stereocenters. The molecule has 0 saturated carbocycles. The molecule has 3 aromatic carbocycles. The van der Waals surface area contributed by atoms with E-state index >= 15 is 0 Å². The summed E-state index contributed by atoms with van der Waals surface area (Å²) in [5.74, 6) is 0. The van der Waals surface area contributed by atoms with Gasteiger partial charge in [0.15, 0.2) is 0 Å². The maximum atomic E-state index is 6.14. The van der Waals surface area contributed by atoms with Gasteiger partial charge in [0.25, 0.3) is 0 Å². The van der Waals surface area contributed by atoms with E-state index in [9.17, 15) is 0 Å². The molecule has 0 bridgehead atoms. The number of benzene rings is 3. The zero-order valence-electron chi connectivity index (χ0n) is 14.2. The number of nitrogens with two attached hydrogens (primary N) is 3. The van der Waals surface area contributed by atoms with Crippen molar-refractivity contribution in [1.82, 2.24) is 4.90 Å². The minimum atomic E-state index is 0.731. The summed E-state index contributed by atoms with van der Waals surface area (Å²) in [6.07, 6.45) is 0. The van der Waals surface area contributed by atoms with Crippen molar-refractivity contribution in [2.45, 2.75) is 19.6 Å². The number of nitrogens with zero attached hydrogens (tertiary/aromatic N) is 1. The van der Waals surface area contributed by atoms with E-state index in [0.717, 1.165) is 53.4 Å². The molecule has 0 spiro atoms. The predicted molar refractivity (Wildman–Crippen MR) is 106 cm³/mol. The van der Waals surface area contributed by atoms with Gasteiger partial charge in [-0.1, -0.05) is 54.6 Å². The van der Waals surface area contributed by atoms with Crippen LogP contribution >= 0.6 is 0 Å². The van der Waals surface area contributed by atoms with Crippen LogP contribution in [0.5, 0.6) is 0 Å². The number of anilines is 3. The maximum Gasteiger partial charge on any atom is 0.0359 e. The van der Waals surface area contributed by atoms with Crippen molar-refractivity contribution in [3.63, 3.8) is 0 Å². The Morgan fingerprint density at radius 3 is 1.04 bits per heavy atom. The molecule has 0 amide bonds. The van der Waals surface area contributed by atoms with Gasteiger partial charge in [-0.05, 0) is 34.9 Å². The van der Waals surface area contributed by atoms with Crippen molar-refractivity contribution in [1.29, 1.82) is 0 Å². The van der Waals surface area contributed by atoms with Gasteiger partial charge in [-0.2, -0.15) is 0 Å². The zero-order valence-corrected chi connectivity index (χ0v) is 14.2. The van der Waals surface area contributed by atoms with Crippen molar-refractivity contribution >= 4 is 17.1 Å². The Morgan fingerprint density at radius 1 is 0.480 bits per heavy atom. The molecule has 25 heavy (non-hydrogen) atoms. The van der Waals surface area contributed by atoms with Crippen LogP contribution in [0.4, 0.5) is 17.1 Å². The van der Waals surface area contributed by atoms with E-state index in [2.05, 4.69) is 23.1 Å². The molecule has 0 radical (unpaired) electrons. The van der Waals surface area contributed by atoms with Crippen LogP contribution in [-0.4, -0.2) is 4.90 Å². The highest BCUT2D eigenvalue weighted by atomic mass is 15.1. The Hall–Kier alpha value is -2.98. The molecule has 3 aromatic rings. The van der Waals surface area contributed by atoms with E-state index in [4.69, 9.17) is 17.2 Å². The van der Waals surface area contributed by atoms with Crippen LogP contribution in [0.3, 0.4) is 0 Å². The number of hydrogen-bond donors (Lipinski definition) is 3. The summed E-state index contributed by atoms with van der Waals surface area (Å²) < 4.78 is 0. The van der Waals surface area contributed by atoms with E-state index in [-0.39, 0.29) is 0 Å². The van der Waals surface area contributed by atoms with E-state index in [0.29, 0.717) is 0 Å². The molecule has 0 aliphatic heterocycles. The third-order valence-corrected chi connectivity index (χ3v) is 4.35.